The fourth-order valence-corrected chi connectivity index (χ4v) is 3.01. The highest BCUT2D eigenvalue weighted by atomic mass is 15.0. The lowest BCUT2D eigenvalue weighted by molar-refractivity contribution is 0.153. The minimum absolute atomic E-state index is 0.493. The van der Waals surface area contributed by atoms with Crippen molar-refractivity contribution in [2.75, 3.05) is 6.54 Å². The molecule has 0 amide bonds. The van der Waals surface area contributed by atoms with Gasteiger partial charge in [-0.2, -0.15) is 0 Å². The summed E-state index contributed by atoms with van der Waals surface area (Å²) >= 11 is 0. The molecule has 0 bridgehead atoms. The van der Waals surface area contributed by atoms with Crippen molar-refractivity contribution in [3.05, 3.63) is 0 Å². The lowest BCUT2D eigenvalue weighted by Gasteiger charge is -2.39. The Morgan fingerprint density at radius 2 is 1.50 bits per heavy atom. The predicted molar refractivity (Wildman–Crippen MR) is 61.3 cm³/mol. The van der Waals surface area contributed by atoms with Crippen LogP contribution in [-0.2, 0) is 0 Å². The zero-order valence-electron chi connectivity index (χ0n) is 10.4. The van der Waals surface area contributed by atoms with Crippen LogP contribution in [0.1, 0.15) is 53.9 Å². The third-order valence-electron chi connectivity index (χ3n) is 5.31. The van der Waals surface area contributed by atoms with Crippen molar-refractivity contribution in [3.63, 3.8) is 0 Å². The maximum absolute atomic E-state index is 3.78. The van der Waals surface area contributed by atoms with Crippen molar-refractivity contribution < 1.29 is 0 Å². The van der Waals surface area contributed by atoms with Crippen LogP contribution in [0.2, 0.25) is 0 Å². The van der Waals surface area contributed by atoms with E-state index in [0.717, 1.165) is 6.04 Å². The van der Waals surface area contributed by atoms with Crippen LogP contribution in [0.3, 0.4) is 0 Å². The highest BCUT2D eigenvalue weighted by Gasteiger charge is 2.64. The first kappa shape index (κ1) is 10.5. The van der Waals surface area contributed by atoms with E-state index < -0.39 is 0 Å². The number of hydrogen-bond donors (Lipinski definition) is 1. The molecular formula is C13H25N. The molecule has 14 heavy (non-hydrogen) atoms. The molecule has 0 saturated heterocycles. The highest BCUT2D eigenvalue weighted by Crippen LogP contribution is 2.62. The van der Waals surface area contributed by atoms with Gasteiger partial charge in [0.15, 0.2) is 0 Å². The van der Waals surface area contributed by atoms with E-state index in [2.05, 4.69) is 39.9 Å². The normalized spacial score (nSPS) is 32.4. The van der Waals surface area contributed by atoms with Crippen LogP contribution in [0.25, 0.3) is 0 Å². The Balaban J connectivity index is 1.83. The van der Waals surface area contributed by atoms with Gasteiger partial charge in [0.2, 0.25) is 0 Å². The van der Waals surface area contributed by atoms with E-state index in [1.807, 2.05) is 0 Å². The van der Waals surface area contributed by atoms with E-state index in [0.29, 0.717) is 16.2 Å². The van der Waals surface area contributed by atoms with Crippen LogP contribution < -0.4 is 5.32 Å². The quantitative estimate of drug-likeness (QED) is 0.729. The molecule has 2 rings (SSSR count). The molecule has 0 aliphatic heterocycles. The van der Waals surface area contributed by atoms with Crippen LogP contribution in [0.5, 0.6) is 0 Å². The molecule has 0 spiro atoms. The van der Waals surface area contributed by atoms with Gasteiger partial charge in [0.25, 0.3) is 0 Å². The van der Waals surface area contributed by atoms with Crippen molar-refractivity contribution in [1.29, 1.82) is 0 Å². The summed E-state index contributed by atoms with van der Waals surface area (Å²) in [5.74, 6) is 0. The standard InChI is InChI=1S/C13H25N/c1-11(2)10(12(11,3)4)14-9-13(5)7-6-8-13/h10,14H,6-9H2,1-5H3. The summed E-state index contributed by atoms with van der Waals surface area (Å²) in [6, 6.07) is 0.729. The van der Waals surface area contributed by atoms with E-state index in [1.165, 1.54) is 25.8 Å². The lowest BCUT2D eigenvalue weighted by Crippen LogP contribution is -2.39. The molecule has 0 unspecified atom stereocenters. The summed E-state index contributed by atoms with van der Waals surface area (Å²) in [5.41, 5.74) is 1.61. The fraction of sp³-hybridized carbons (Fsp3) is 1.00. The molecule has 2 saturated carbocycles. The average molecular weight is 195 g/mol. The van der Waals surface area contributed by atoms with E-state index in [4.69, 9.17) is 0 Å². The Labute approximate surface area is 88.7 Å². The first-order valence-electron chi connectivity index (χ1n) is 6.03. The second-order valence-electron chi connectivity index (χ2n) is 6.92. The minimum atomic E-state index is 0.493. The van der Waals surface area contributed by atoms with Gasteiger partial charge in [-0.05, 0) is 29.1 Å². The Morgan fingerprint density at radius 1 is 1.00 bits per heavy atom. The molecule has 0 aromatic carbocycles. The topological polar surface area (TPSA) is 12.0 Å². The zero-order chi connectivity index (χ0) is 10.6. The molecule has 82 valence electrons. The first-order chi connectivity index (χ1) is 6.30. The molecule has 0 heterocycles. The van der Waals surface area contributed by atoms with E-state index in [-0.39, 0.29) is 0 Å². The van der Waals surface area contributed by atoms with E-state index in [9.17, 15) is 0 Å². The molecule has 2 aliphatic rings. The second kappa shape index (κ2) is 2.75. The van der Waals surface area contributed by atoms with E-state index >= 15 is 0 Å². The lowest BCUT2D eigenvalue weighted by atomic mass is 9.70. The summed E-state index contributed by atoms with van der Waals surface area (Å²) < 4.78 is 0. The smallest absolute Gasteiger partial charge is 0.0181 e. The SMILES string of the molecule is CC1(CNC2C(C)(C)C2(C)C)CCC1. The molecule has 0 aromatic heterocycles. The highest BCUT2D eigenvalue weighted by molar-refractivity contribution is 5.18. The number of rotatable bonds is 3. The van der Waals surface area contributed by atoms with Crippen LogP contribution in [0.4, 0.5) is 0 Å². The van der Waals surface area contributed by atoms with Gasteiger partial charge in [-0.25, -0.2) is 0 Å². The molecule has 1 nitrogen and oxygen atoms in total. The molecular weight excluding hydrogens is 170 g/mol. The van der Waals surface area contributed by atoms with Crippen molar-refractivity contribution in [3.8, 4) is 0 Å². The molecule has 0 atom stereocenters. The average Bonchev–Trinajstić information content (AvgIpc) is 2.37. The van der Waals surface area contributed by atoms with Crippen molar-refractivity contribution in [2.24, 2.45) is 16.2 Å². The van der Waals surface area contributed by atoms with Gasteiger partial charge in [0.05, 0.1) is 0 Å². The summed E-state index contributed by atoms with van der Waals surface area (Å²) in [7, 11) is 0. The number of hydrogen-bond acceptors (Lipinski definition) is 1. The van der Waals surface area contributed by atoms with Gasteiger partial charge in [0.1, 0.15) is 0 Å². The summed E-state index contributed by atoms with van der Waals surface area (Å²) in [6.07, 6.45) is 4.29. The third kappa shape index (κ3) is 1.32. The Kier molecular flexibility index (Phi) is 2.06. The molecule has 2 fully saturated rings. The molecule has 0 radical (unpaired) electrons. The van der Waals surface area contributed by atoms with E-state index in [1.54, 1.807) is 0 Å². The maximum Gasteiger partial charge on any atom is 0.0181 e. The third-order valence-corrected chi connectivity index (χ3v) is 5.31. The summed E-state index contributed by atoms with van der Waals surface area (Å²) in [5, 5.41) is 3.78. The van der Waals surface area contributed by atoms with Crippen LogP contribution in [0.15, 0.2) is 0 Å². The van der Waals surface area contributed by atoms with Gasteiger partial charge in [-0.3, -0.25) is 0 Å². The summed E-state index contributed by atoms with van der Waals surface area (Å²) in [6.45, 7) is 13.2. The number of nitrogens with one attached hydrogen (secondary N) is 1. The van der Waals surface area contributed by atoms with Gasteiger partial charge in [-0.1, -0.05) is 41.0 Å². The Morgan fingerprint density at radius 3 is 1.79 bits per heavy atom. The van der Waals surface area contributed by atoms with Gasteiger partial charge < -0.3 is 5.32 Å². The molecule has 0 aromatic rings. The minimum Gasteiger partial charge on any atom is -0.312 e. The van der Waals surface area contributed by atoms with Crippen LogP contribution in [-0.4, -0.2) is 12.6 Å². The largest absolute Gasteiger partial charge is 0.312 e. The molecule has 1 N–H and O–H groups in total. The Bertz CT molecular complexity index is 222. The monoisotopic (exact) mass is 195 g/mol. The van der Waals surface area contributed by atoms with Crippen LogP contribution >= 0.6 is 0 Å². The molecule has 1 heteroatoms. The van der Waals surface area contributed by atoms with Gasteiger partial charge in [0, 0.05) is 12.6 Å². The van der Waals surface area contributed by atoms with Crippen molar-refractivity contribution >= 4 is 0 Å². The van der Waals surface area contributed by atoms with Crippen molar-refractivity contribution in [1.82, 2.24) is 5.32 Å². The molecule has 2 aliphatic carbocycles. The second-order valence-corrected chi connectivity index (χ2v) is 6.92. The first-order valence-corrected chi connectivity index (χ1v) is 6.03. The van der Waals surface area contributed by atoms with Gasteiger partial charge in [-0.15, -0.1) is 0 Å². The van der Waals surface area contributed by atoms with Crippen LogP contribution in [0, 0.1) is 16.2 Å². The maximum atomic E-state index is 3.78. The van der Waals surface area contributed by atoms with Crippen molar-refractivity contribution in [2.45, 2.75) is 59.9 Å². The fourth-order valence-electron chi connectivity index (χ4n) is 3.01. The summed E-state index contributed by atoms with van der Waals surface area (Å²) in [4.78, 5) is 0. The van der Waals surface area contributed by atoms with Gasteiger partial charge >= 0.3 is 0 Å². The Hall–Kier alpha value is -0.0400. The zero-order valence-corrected chi connectivity index (χ0v) is 10.4. The predicted octanol–water partition coefficient (Wildman–Crippen LogP) is 3.20.